The van der Waals surface area contributed by atoms with Crippen molar-refractivity contribution in [3.05, 3.63) is 30.3 Å². The van der Waals surface area contributed by atoms with Crippen LogP contribution in [0.1, 0.15) is 6.92 Å². The summed E-state index contributed by atoms with van der Waals surface area (Å²) >= 11 is 0. The van der Waals surface area contributed by atoms with Crippen LogP contribution in [-0.2, 0) is 9.53 Å². The second-order valence-corrected chi connectivity index (χ2v) is 8.04. The molecular weight excluding hydrogens is 216 g/mol. The molecule has 0 saturated heterocycles. The van der Waals surface area contributed by atoms with E-state index in [1.54, 1.807) is 6.92 Å². The van der Waals surface area contributed by atoms with Crippen molar-refractivity contribution in [2.24, 2.45) is 0 Å². The van der Waals surface area contributed by atoms with Crippen LogP contribution in [0.15, 0.2) is 30.3 Å². The van der Waals surface area contributed by atoms with Gasteiger partial charge in [-0.2, -0.15) is 0 Å². The van der Waals surface area contributed by atoms with Crippen LogP contribution in [0.2, 0.25) is 13.1 Å². The molecule has 0 aliphatic rings. The van der Waals surface area contributed by atoms with Crippen molar-refractivity contribution in [2.75, 3.05) is 6.61 Å². The van der Waals surface area contributed by atoms with Gasteiger partial charge >= 0.3 is 5.97 Å². The van der Waals surface area contributed by atoms with E-state index in [4.69, 9.17) is 4.74 Å². The molecule has 84 valence electrons. The Morgan fingerprint density at radius 2 is 1.94 bits per heavy atom. The summed E-state index contributed by atoms with van der Waals surface area (Å²) in [5.41, 5.74) is 3.07. The van der Waals surface area contributed by atoms with E-state index in [-0.39, 0.29) is 0 Å². The highest BCUT2D eigenvalue weighted by molar-refractivity contribution is 6.96. The topological polar surface area (TPSA) is 26.3 Å². The van der Waals surface area contributed by atoms with Crippen molar-refractivity contribution in [1.29, 1.82) is 0 Å². The van der Waals surface area contributed by atoms with Crippen LogP contribution in [0.25, 0.3) is 0 Å². The Morgan fingerprint density at radius 3 is 2.50 bits per heavy atom. The molecule has 0 fully saturated rings. The van der Waals surface area contributed by atoms with Gasteiger partial charge in [0.25, 0.3) is 0 Å². The maximum atomic E-state index is 11.1. The molecule has 0 aromatic heterocycles. The van der Waals surface area contributed by atoms with Crippen LogP contribution in [-0.4, -0.2) is 20.7 Å². The standard InChI is InChI=1S/C13H16O2Si/c1-4-15-13(14)10-11-16(2,3)12-8-6-5-7-9-12/h5-9H,4H2,1-3H3. The molecule has 0 heterocycles. The van der Waals surface area contributed by atoms with Crippen molar-refractivity contribution in [1.82, 2.24) is 0 Å². The molecule has 0 spiro atoms. The lowest BCUT2D eigenvalue weighted by Crippen LogP contribution is -2.40. The van der Waals surface area contributed by atoms with Gasteiger partial charge in [0.2, 0.25) is 0 Å². The molecular formula is C13H16O2Si. The maximum Gasteiger partial charge on any atom is 0.383 e. The van der Waals surface area contributed by atoms with E-state index in [2.05, 4.69) is 36.7 Å². The third-order valence-corrected chi connectivity index (χ3v) is 4.77. The van der Waals surface area contributed by atoms with Gasteiger partial charge in [-0.1, -0.05) is 43.4 Å². The summed E-state index contributed by atoms with van der Waals surface area (Å²) in [5, 5.41) is 1.23. The number of carbonyl (C=O) groups is 1. The molecule has 0 aliphatic carbocycles. The summed E-state index contributed by atoms with van der Waals surface area (Å²) in [7, 11) is -1.83. The van der Waals surface area contributed by atoms with Crippen molar-refractivity contribution in [3.8, 4) is 11.5 Å². The Labute approximate surface area is 97.6 Å². The van der Waals surface area contributed by atoms with Gasteiger partial charge in [-0.15, -0.1) is 5.54 Å². The molecule has 0 atom stereocenters. The van der Waals surface area contributed by atoms with Crippen LogP contribution >= 0.6 is 0 Å². The quantitative estimate of drug-likeness (QED) is 0.441. The van der Waals surface area contributed by atoms with Crippen LogP contribution in [0, 0.1) is 11.5 Å². The Morgan fingerprint density at radius 1 is 1.31 bits per heavy atom. The molecule has 16 heavy (non-hydrogen) atoms. The zero-order valence-electron chi connectivity index (χ0n) is 9.91. The van der Waals surface area contributed by atoms with E-state index in [1.807, 2.05) is 18.2 Å². The fourth-order valence-electron chi connectivity index (χ4n) is 1.30. The number of hydrogen-bond donors (Lipinski definition) is 0. The summed E-state index contributed by atoms with van der Waals surface area (Å²) in [6, 6.07) is 10.1. The number of ether oxygens (including phenoxy) is 1. The van der Waals surface area contributed by atoms with Crippen LogP contribution in [0.3, 0.4) is 0 Å². The first-order chi connectivity index (χ1) is 7.56. The molecule has 0 aliphatic heterocycles. The lowest BCUT2D eigenvalue weighted by atomic mass is 10.4. The van der Waals surface area contributed by atoms with E-state index in [1.165, 1.54) is 5.19 Å². The summed E-state index contributed by atoms with van der Waals surface area (Å²) in [4.78, 5) is 11.1. The molecule has 0 saturated carbocycles. The third kappa shape index (κ3) is 3.56. The highest BCUT2D eigenvalue weighted by Gasteiger charge is 2.20. The lowest BCUT2D eigenvalue weighted by molar-refractivity contribution is -0.136. The lowest BCUT2D eigenvalue weighted by Gasteiger charge is -2.14. The number of carbonyl (C=O) groups excluding carboxylic acids is 1. The fraction of sp³-hybridized carbons (Fsp3) is 0.308. The Hall–Kier alpha value is -1.53. The zero-order valence-corrected chi connectivity index (χ0v) is 10.9. The molecule has 1 rings (SSSR count). The van der Waals surface area contributed by atoms with Gasteiger partial charge in [0, 0.05) is 5.92 Å². The smallest absolute Gasteiger partial charge is 0.383 e. The highest BCUT2D eigenvalue weighted by atomic mass is 28.3. The van der Waals surface area contributed by atoms with Crippen LogP contribution < -0.4 is 5.19 Å². The minimum Gasteiger partial charge on any atom is -0.456 e. The third-order valence-electron chi connectivity index (χ3n) is 2.25. The average molecular weight is 232 g/mol. The molecule has 0 bridgehead atoms. The maximum absolute atomic E-state index is 11.1. The van der Waals surface area contributed by atoms with Gasteiger partial charge in [0.15, 0.2) is 8.07 Å². The van der Waals surface area contributed by atoms with Gasteiger partial charge in [0.1, 0.15) is 0 Å². The summed E-state index contributed by atoms with van der Waals surface area (Å²) in [6.07, 6.45) is 0. The minimum atomic E-state index is -1.83. The Kier molecular flexibility index (Phi) is 4.33. The molecule has 1 aromatic carbocycles. The summed E-state index contributed by atoms with van der Waals surface area (Å²) in [6.45, 7) is 6.39. The zero-order chi connectivity index (χ0) is 12.0. The van der Waals surface area contributed by atoms with Gasteiger partial charge in [0.05, 0.1) is 6.61 Å². The van der Waals surface area contributed by atoms with Crippen LogP contribution in [0.4, 0.5) is 0 Å². The number of hydrogen-bond acceptors (Lipinski definition) is 2. The molecule has 0 amide bonds. The van der Waals surface area contributed by atoms with Crippen molar-refractivity contribution < 1.29 is 9.53 Å². The SMILES string of the molecule is CCOC(=O)C#C[Si](C)(C)c1ccccc1. The van der Waals surface area contributed by atoms with E-state index in [0.717, 1.165) is 0 Å². The monoisotopic (exact) mass is 232 g/mol. The second kappa shape index (κ2) is 5.52. The molecule has 0 radical (unpaired) electrons. The molecule has 0 unspecified atom stereocenters. The molecule has 2 nitrogen and oxygen atoms in total. The van der Waals surface area contributed by atoms with E-state index >= 15 is 0 Å². The van der Waals surface area contributed by atoms with E-state index in [0.29, 0.717) is 6.61 Å². The molecule has 1 aromatic rings. The van der Waals surface area contributed by atoms with Gasteiger partial charge in [-0.25, -0.2) is 4.79 Å². The van der Waals surface area contributed by atoms with Gasteiger partial charge in [-0.3, -0.25) is 0 Å². The van der Waals surface area contributed by atoms with E-state index in [9.17, 15) is 4.79 Å². The van der Waals surface area contributed by atoms with Crippen molar-refractivity contribution in [3.63, 3.8) is 0 Å². The summed E-state index contributed by atoms with van der Waals surface area (Å²) < 4.78 is 4.78. The van der Waals surface area contributed by atoms with Crippen molar-refractivity contribution >= 4 is 19.2 Å². The number of benzene rings is 1. The van der Waals surface area contributed by atoms with Gasteiger partial charge < -0.3 is 4.74 Å². The fourth-order valence-corrected chi connectivity index (χ4v) is 2.89. The number of rotatable bonds is 2. The minimum absolute atomic E-state index is 0.376. The average Bonchev–Trinajstić information content (AvgIpc) is 2.28. The first-order valence-electron chi connectivity index (χ1n) is 5.31. The van der Waals surface area contributed by atoms with Gasteiger partial charge in [-0.05, 0) is 12.1 Å². The molecule has 3 heteroatoms. The normalized spacial score (nSPS) is 10.2. The predicted octanol–water partition coefficient (Wildman–Crippen LogP) is 1.71. The van der Waals surface area contributed by atoms with E-state index < -0.39 is 14.0 Å². The first-order valence-corrected chi connectivity index (χ1v) is 8.31. The van der Waals surface area contributed by atoms with Crippen molar-refractivity contribution in [2.45, 2.75) is 20.0 Å². The molecule has 0 N–H and O–H groups in total. The predicted molar refractivity (Wildman–Crippen MR) is 68.0 cm³/mol. The number of esters is 1. The first kappa shape index (κ1) is 12.5. The second-order valence-electron chi connectivity index (χ2n) is 3.96. The Balaban J connectivity index is 2.83. The largest absolute Gasteiger partial charge is 0.456 e. The summed E-state index contributed by atoms with van der Waals surface area (Å²) in [5.74, 6) is 2.14. The van der Waals surface area contributed by atoms with Crippen LogP contribution in [0.5, 0.6) is 0 Å². The highest BCUT2D eigenvalue weighted by Crippen LogP contribution is 2.01. The Bertz CT molecular complexity index is 413.